The van der Waals surface area contributed by atoms with Crippen LogP contribution in [0.25, 0.3) is 0 Å². The molecule has 0 saturated carbocycles. The Morgan fingerprint density at radius 2 is 1.63 bits per heavy atom. The third-order valence-corrected chi connectivity index (χ3v) is 7.11. The van der Waals surface area contributed by atoms with Crippen LogP contribution in [-0.2, 0) is 11.3 Å². The Hall–Kier alpha value is -4.83. The molecule has 10 heteroatoms. The molecule has 10 nitrogen and oxygen atoms in total. The predicted octanol–water partition coefficient (Wildman–Crippen LogP) is 4.07. The number of hydrogen-bond acceptors (Lipinski definition) is 7. The van der Waals surface area contributed by atoms with Crippen LogP contribution in [0.1, 0.15) is 40.9 Å². The predicted molar refractivity (Wildman–Crippen MR) is 158 cm³/mol. The molecule has 1 fully saturated rings. The first-order valence-electron chi connectivity index (χ1n) is 13.6. The van der Waals surface area contributed by atoms with Gasteiger partial charge in [-0.2, -0.15) is 0 Å². The van der Waals surface area contributed by atoms with Crippen LogP contribution in [0.15, 0.2) is 88.5 Å². The van der Waals surface area contributed by atoms with E-state index in [1.54, 1.807) is 17.0 Å². The van der Waals surface area contributed by atoms with Crippen molar-refractivity contribution in [2.45, 2.75) is 25.9 Å². The molecule has 0 radical (unpaired) electrons. The Morgan fingerprint density at radius 1 is 0.951 bits per heavy atom. The Balaban J connectivity index is 1.56. The first-order valence-corrected chi connectivity index (χ1v) is 13.6. The number of benzene rings is 3. The lowest BCUT2D eigenvalue weighted by Crippen LogP contribution is -2.40. The first-order chi connectivity index (χ1) is 20.0. The number of phenols is 1. The highest BCUT2D eigenvalue weighted by molar-refractivity contribution is 5.99. The number of phenolic OH excluding ortho intramolecular Hbond substituents is 1. The van der Waals surface area contributed by atoms with E-state index in [-0.39, 0.29) is 46.9 Å². The van der Waals surface area contributed by atoms with Crippen molar-refractivity contribution < 1.29 is 14.6 Å². The summed E-state index contributed by atoms with van der Waals surface area (Å²) < 4.78 is 6.57. The summed E-state index contributed by atoms with van der Waals surface area (Å²) in [4.78, 5) is 42.1. The van der Waals surface area contributed by atoms with E-state index in [0.29, 0.717) is 32.7 Å². The van der Waals surface area contributed by atoms with Gasteiger partial charge >= 0.3 is 0 Å². The van der Waals surface area contributed by atoms with Gasteiger partial charge in [0.25, 0.3) is 17.0 Å². The van der Waals surface area contributed by atoms with Gasteiger partial charge in [-0.05, 0) is 29.7 Å². The SMILES string of the molecule is CC[C@@H](Nc1c(Nc2cccc(C(=O)N3CCOCC3)c2O)c(=O)n(Cc2ccccc2)[nH]c1=O)c1ccccc1. The minimum absolute atomic E-state index is 0.0367. The number of para-hydroxylation sites is 1. The highest BCUT2D eigenvalue weighted by Crippen LogP contribution is 2.33. The smallest absolute Gasteiger partial charge is 0.291 e. The van der Waals surface area contributed by atoms with Crippen molar-refractivity contribution in [2.24, 2.45) is 0 Å². The lowest BCUT2D eigenvalue weighted by Gasteiger charge is -2.27. The van der Waals surface area contributed by atoms with E-state index < -0.39 is 11.1 Å². The van der Waals surface area contributed by atoms with Crippen molar-refractivity contribution >= 4 is 23.0 Å². The molecule has 2 heterocycles. The molecule has 0 unspecified atom stereocenters. The van der Waals surface area contributed by atoms with Crippen LogP contribution >= 0.6 is 0 Å². The zero-order chi connectivity index (χ0) is 28.8. The molecule has 1 aliphatic heterocycles. The summed E-state index contributed by atoms with van der Waals surface area (Å²) in [5, 5.41) is 20.1. The van der Waals surface area contributed by atoms with E-state index in [1.165, 1.54) is 10.7 Å². The molecule has 1 amide bonds. The molecule has 41 heavy (non-hydrogen) atoms. The molecule has 4 N–H and O–H groups in total. The molecule has 0 bridgehead atoms. The Kier molecular flexibility index (Phi) is 8.50. The second kappa shape index (κ2) is 12.6. The number of anilines is 3. The molecule has 1 saturated heterocycles. The molecule has 1 atom stereocenters. The van der Waals surface area contributed by atoms with Gasteiger partial charge in [-0.15, -0.1) is 0 Å². The largest absolute Gasteiger partial charge is 0.505 e. The maximum atomic E-state index is 13.9. The molecule has 0 spiro atoms. The topological polar surface area (TPSA) is 129 Å². The number of H-pyrrole nitrogens is 1. The first kappa shape index (κ1) is 27.7. The third kappa shape index (κ3) is 6.17. The highest BCUT2D eigenvalue weighted by Gasteiger charge is 2.24. The number of amides is 1. The van der Waals surface area contributed by atoms with Crippen LogP contribution in [0.2, 0.25) is 0 Å². The van der Waals surface area contributed by atoms with Crippen molar-refractivity contribution in [3.63, 3.8) is 0 Å². The van der Waals surface area contributed by atoms with Crippen LogP contribution < -0.4 is 21.8 Å². The van der Waals surface area contributed by atoms with Crippen molar-refractivity contribution in [1.82, 2.24) is 14.7 Å². The van der Waals surface area contributed by atoms with Crippen LogP contribution in [0.5, 0.6) is 5.75 Å². The average molecular weight is 556 g/mol. The molecular formula is C31H33N5O5. The van der Waals surface area contributed by atoms with Crippen LogP contribution in [0, 0.1) is 0 Å². The summed E-state index contributed by atoms with van der Waals surface area (Å²) in [5.41, 5.74) is 1.01. The number of aromatic nitrogens is 2. The maximum Gasteiger partial charge on any atom is 0.291 e. The van der Waals surface area contributed by atoms with Gasteiger partial charge in [0.05, 0.1) is 37.1 Å². The van der Waals surface area contributed by atoms with E-state index in [2.05, 4.69) is 15.7 Å². The Bertz CT molecular complexity index is 1610. The minimum Gasteiger partial charge on any atom is -0.505 e. The molecular weight excluding hydrogens is 522 g/mol. The van der Waals surface area contributed by atoms with Gasteiger partial charge in [-0.1, -0.05) is 73.7 Å². The molecule has 4 aromatic rings. The quantitative estimate of drug-likeness (QED) is 0.229. The summed E-state index contributed by atoms with van der Waals surface area (Å²) in [6.45, 7) is 3.80. The maximum absolute atomic E-state index is 13.9. The van der Waals surface area contributed by atoms with Gasteiger partial charge < -0.3 is 25.4 Å². The monoisotopic (exact) mass is 555 g/mol. The molecule has 1 aromatic heterocycles. The van der Waals surface area contributed by atoms with Gasteiger partial charge in [0, 0.05) is 13.1 Å². The standard InChI is InChI=1S/C31H33N5O5/c1-2-24(22-12-7-4-8-13-22)32-26-27(31(40)36(34-29(26)38)20-21-10-5-3-6-11-21)33-25-15-9-14-23(28(25)37)30(39)35-16-18-41-19-17-35/h3-15,24,32-33,37H,2,16-20H2,1H3,(H,34,38)/t24-/m1/s1. The summed E-state index contributed by atoms with van der Waals surface area (Å²) in [6.07, 6.45) is 0.644. The van der Waals surface area contributed by atoms with Crippen molar-refractivity contribution in [3.8, 4) is 5.75 Å². The molecule has 0 aliphatic carbocycles. The van der Waals surface area contributed by atoms with E-state index in [0.717, 1.165) is 11.1 Å². The molecule has 212 valence electrons. The highest BCUT2D eigenvalue weighted by atomic mass is 16.5. The molecule has 5 rings (SSSR count). The van der Waals surface area contributed by atoms with Crippen LogP contribution in [0.4, 0.5) is 17.1 Å². The number of carbonyl (C=O) groups is 1. The molecule has 3 aromatic carbocycles. The molecule has 1 aliphatic rings. The fourth-order valence-corrected chi connectivity index (χ4v) is 4.88. The summed E-state index contributed by atoms with van der Waals surface area (Å²) in [6, 6.07) is 23.4. The number of nitrogens with zero attached hydrogens (tertiary/aromatic N) is 2. The van der Waals surface area contributed by atoms with Crippen LogP contribution in [0.3, 0.4) is 0 Å². The lowest BCUT2D eigenvalue weighted by atomic mass is 10.0. The fourth-order valence-electron chi connectivity index (χ4n) is 4.88. The summed E-state index contributed by atoms with van der Waals surface area (Å²) in [7, 11) is 0. The summed E-state index contributed by atoms with van der Waals surface area (Å²) in [5.74, 6) is -0.644. The van der Waals surface area contributed by atoms with Gasteiger partial charge in [0.1, 0.15) is 11.4 Å². The number of carbonyl (C=O) groups excluding carboxylic acids is 1. The number of nitrogens with one attached hydrogen (secondary N) is 3. The number of aromatic hydroxyl groups is 1. The number of hydrogen-bond donors (Lipinski definition) is 4. The normalized spacial score (nSPS) is 13.9. The van der Waals surface area contributed by atoms with Gasteiger partial charge in [0.2, 0.25) is 0 Å². The zero-order valence-electron chi connectivity index (χ0n) is 22.8. The van der Waals surface area contributed by atoms with E-state index in [9.17, 15) is 19.5 Å². The van der Waals surface area contributed by atoms with Gasteiger partial charge in [-0.3, -0.25) is 19.5 Å². The second-order valence-electron chi connectivity index (χ2n) is 9.81. The van der Waals surface area contributed by atoms with Crippen molar-refractivity contribution in [2.75, 3.05) is 36.9 Å². The van der Waals surface area contributed by atoms with E-state index in [4.69, 9.17) is 4.74 Å². The van der Waals surface area contributed by atoms with Gasteiger partial charge in [-0.25, -0.2) is 4.68 Å². The zero-order valence-corrected chi connectivity index (χ0v) is 22.8. The number of rotatable bonds is 9. The fraction of sp³-hybridized carbons (Fsp3) is 0.258. The number of aromatic amines is 1. The minimum atomic E-state index is -0.502. The number of morpholine rings is 1. The van der Waals surface area contributed by atoms with Crippen molar-refractivity contribution in [3.05, 3.63) is 116 Å². The van der Waals surface area contributed by atoms with E-state index in [1.807, 2.05) is 67.6 Å². The van der Waals surface area contributed by atoms with Crippen LogP contribution in [-0.4, -0.2) is 52.0 Å². The van der Waals surface area contributed by atoms with E-state index >= 15 is 0 Å². The lowest BCUT2D eigenvalue weighted by molar-refractivity contribution is 0.0301. The Morgan fingerprint density at radius 3 is 2.32 bits per heavy atom. The number of ether oxygens (including phenoxy) is 1. The third-order valence-electron chi connectivity index (χ3n) is 7.11. The average Bonchev–Trinajstić information content (AvgIpc) is 3.01. The Labute approximate surface area is 237 Å². The van der Waals surface area contributed by atoms with Gasteiger partial charge in [0.15, 0.2) is 5.75 Å². The second-order valence-corrected chi connectivity index (χ2v) is 9.81. The summed E-state index contributed by atoms with van der Waals surface area (Å²) >= 11 is 0. The van der Waals surface area contributed by atoms with Crippen molar-refractivity contribution in [1.29, 1.82) is 0 Å².